The van der Waals surface area contributed by atoms with Crippen LogP contribution in [0.4, 0.5) is 5.69 Å². The number of carboxylic acid groups (broad SMARTS) is 1. The molecule has 4 nitrogen and oxygen atoms in total. The van der Waals surface area contributed by atoms with E-state index in [2.05, 4.69) is 4.98 Å². The van der Waals surface area contributed by atoms with Gasteiger partial charge in [0.25, 0.3) is 0 Å². The van der Waals surface area contributed by atoms with Crippen LogP contribution in [-0.2, 0) is 4.79 Å². The highest BCUT2D eigenvalue weighted by molar-refractivity contribution is 5.78. The zero-order valence-corrected chi connectivity index (χ0v) is 9.48. The number of hydrogen-bond acceptors (Lipinski definition) is 3. The fourth-order valence-corrected chi connectivity index (χ4v) is 1.38. The van der Waals surface area contributed by atoms with Gasteiger partial charge < -0.3 is 10.0 Å². The van der Waals surface area contributed by atoms with E-state index in [9.17, 15) is 4.79 Å². The molecule has 1 unspecified atom stereocenters. The number of carbonyl (C=O) groups is 1. The molecule has 1 aromatic heterocycles. The topological polar surface area (TPSA) is 53.4 Å². The number of aromatic nitrogens is 1. The predicted octanol–water partition coefficient (Wildman–Crippen LogP) is 1.61. The summed E-state index contributed by atoms with van der Waals surface area (Å²) in [4.78, 5) is 16.7. The Hall–Kier alpha value is -1.58. The van der Waals surface area contributed by atoms with E-state index < -0.39 is 12.0 Å². The van der Waals surface area contributed by atoms with Crippen LogP contribution in [0.1, 0.15) is 18.2 Å². The molecule has 0 aliphatic heterocycles. The van der Waals surface area contributed by atoms with E-state index in [1.165, 1.54) is 0 Å². The molecule has 0 amide bonds. The second-order valence-electron chi connectivity index (χ2n) is 3.67. The number of aliphatic carboxylic acids is 1. The van der Waals surface area contributed by atoms with Gasteiger partial charge in [-0.2, -0.15) is 0 Å². The van der Waals surface area contributed by atoms with Gasteiger partial charge in [-0.05, 0) is 32.4 Å². The Morgan fingerprint density at radius 1 is 1.53 bits per heavy atom. The van der Waals surface area contributed by atoms with Crippen molar-refractivity contribution in [2.45, 2.75) is 26.8 Å². The van der Waals surface area contributed by atoms with Crippen molar-refractivity contribution in [2.24, 2.45) is 0 Å². The van der Waals surface area contributed by atoms with Crippen molar-refractivity contribution in [1.82, 2.24) is 4.98 Å². The van der Waals surface area contributed by atoms with Crippen LogP contribution in [0.25, 0.3) is 0 Å². The number of hydrogen-bond donors (Lipinski definition) is 1. The highest BCUT2D eigenvalue weighted by atomic mass is 16.4. The fourth-order valence-electron chi connectivity index (χ4n) is 1.38. The number of pyridine rings is 1. The summed E-state index contributed by atoms with van der Waals surface area (Å²) in [5.74, 6) is -0.827. The van der Waals surface area contributed by atoms with Crippen LogP contribution in [0, 0.1) is 13.8 Å². The van der Waals surface area contributed by atoms with Crippen molar-refractivity contribution in [1.29, 1.82) is 0 Å². The number of carboxylic acids is 1. The zero-order chi connectivity index (χ0) is 11.6. The Morgan fingerprint density at radius 2 is 2.13 bits per heavy atom. The first-order valence-electron chi connectivity index (χ1n) is 4.83. The fraction of sp³-hybridized carbons (Fsp3) is 0.455. The maximum absolute atomic E-state index is 10.9. The van der Waals surface area contributed by atoms with E-state index in [0.717, 1.165) is 16.9 Å². The molecule has 0 radical (unpaired) electrons. The maximum Gasteiger partial charge on any atom is 0.326 e. The lowest BCUT2D eigenvalue weighted by Gasteiger charge is -2.25. The van der Waals surface area contributed by atoms with Crippen LogP contribution < -0.4 is 4.90 Å². The molecule has 0 saturated carbocycles. The van der Waals surface area contributed by atoms with Gasteiger partial charge in [0, 0.05) is 24.6 Å². The van der Waals surface area contributed by atoms with E-state index in [1.807, 2.05) is 19.9 Å². The molecule has 1 rings (SSSR count). The number of rotatable bonds is 3. The smallest absolute Gasteiger partial charge is 0.326 e. The third-order valence-corrected chi connectivity index (χ3v) is 2.75. The normalized spacial score (nSPS) is 12.3. The van der Waals surface area contributed by atoms with Crippen LogP contribution in [0.2, 0.25) is 0 Å². The van der Waals surface area contributed by atoms with Gasteiger partial charge in [-0.15, -0.1) is 0 Å². The average Bonchev–Trinajstić information content (AvgIpc) is 2.20. The second kappa shape index (κ2) is 4.29. The van der Waals surface area contributed by atoms with Gasteiger partial charge in [-0.3, -0.25) is 4.98 Å². The largest absolute Gasteiger partial charge is 0.480 e. The molecule has 0 aromatic carbocycles. The van der Waals surface area contributed by atoms with Crippen molar-refractivity contribution in [3.05, 3.63) is 23.5 Å². The van der Waals surface area contributed by atoms with Crippen molar-refractivity contribution in [2.75, 3.05) is 11.9 Å². The number of nitrogens with zero attached hydrogens (tertiary/aromatic N) is 2. The molecule has 0 aliphatic carbocycles. The summed E-state index contributed by atoms with van der Waals surface area (Å²) in [5, 5.41) is 8.92. The number of aryl methyl sites for hydroxylation is 1. The summed E-state index contributed by atoms with van der Waals surface area (Å²) in [6.07, 6.45) is 1.70. The molecular formula is C11H16N2O2. The predicted molar refractivity (Wildman–Crippen MR) is 59.2 cm³/mol. The quantitative estimate of drug-likeness (QED) is 0.819. The Labute approximate surface area is 89.6 Å². The Morgan fingerprint density at radius 3 is 2.67 bits per heavy atom. The van der Waals surface area contributed by atoms with Crippen molar-refractivity contribution in [3.8, 4) is 0 Å². The molecule has 0 saturated heterocycles. The third-order valence-electron chi connectivity index (χ3n) is 2.75. The van der Waals surface area contributed by atoms with Crippen LogP contribution >= 0.6 is 0 Å². The lowest BCUT2D eigenvalue weighted by molar-refractivity contribution is -0.138. The molecule has 0 fully saturated rings. The van der Waals surface area contributed by atoms with Gasteiger partial charge >= 0.3 is 5.97 Å². The van der Waals surface area contributed by atoms with Gasteiger partial charge in [0.15, 0.2) is 0 Å². The summed E-state index contributed by atoms with van der Waals surface area (Å²) in [6, 6.07) is 1.30. The minimum Gasteiger partial charge on any atom is -0.480 e. The van der Waals surface area contributed by atoms with E-state index in [4.69, 9.17) is 5.11 Å². The van der Waals surface area contributed by atoms with E-state index in [-0.39, 0.29) is 0 Å². The monoisotopic (exact) mass is 208 g/mol. The molecule has 1 atom stereocenters. The molecule has 0 aliphatic rings. The first-order chi connectivity index (χ1) is 6.95. The number of anilines is 1. The van der Waals surface area contributed by atoms with Crippen LogP contribution in [0.3, 0.4) is 0 Å². The van der Waals surface area contributed by atoms with E-state index >= 15 is 0 Å². The lowest BCUT2D eigenvalue weighted by Crippen LogP contribution is -2.36. The average molecular weight is 208 g/mol. The minimum atomic E-state index is -0.827. The summed E-state index contributed by atoms with van der Waals surface area (Å²) in [7, 11) is 1.78. The molecule has 0 bridgehead atoms. The van der Waals surface area contributed by atoms with Gasteiger partial charge in [-0.25, -0.2) is 4.79 Å². The molecule has 15 heavy (non-hydrogen) atoms. The third kappa shape index (κ3) is 2.26. The standard InChI is InChI=1S/C11H16N2O2/c1-7-8(2)12-6-5-10(7)13(4)9(3)11(14)15/h5-6,9H,1-4H3,(H,14,15). The first kappa shape index (κ1) is 11.5. The molecule has 4 heteroatoms. The molecule has 1 heterocycles. The van der Waals surface area contributed by atoms with Gasteiger partial charge in [0.1, 0.15) is 6.04 Å². The SMILES string of the molecule is Cc1nccc(N(C)C(C)C(=O)O)c1C. The van der Waals surface area contributed by atoms with Crippen molar-refractivity contribution < 1.29 is 9.90 Å². The van der Waals surface area contributed by atoms with Crippen LogP contribution in [0.15, 0.2) is 12.3 Å². The van der Waals surface area contributed by atoms with Gasteiger partial charge in [-0.1, -0.05) is 0 Å². The Kier molecular flexibility index (Phi) is 3.29. The Bertz CT molecular complexity index is 377. The number of likely N-dealkylation sites (N-methyl/N-ethyl adjacent to an activating group) is 1. The van der Waals surface area contributed by atoms with Crippen LogP contribution in [-0.4, -0.2) is 29.1 Å². The van der Waals surface area contributed by atoms with Crippen molar-refractivity contribution in [3.63, 3.8) is 0 Å². The lowest BCUT2D eigenvalue weighted by atomic mass is 10.1. The molecule has 1 N–H and O–H groups in total. The first-order valence-corrected chi connectivity index (χ1v) is 4.83. The maximum atomic E-state index is 10.9. The van der Waals surface area contributed by atoms with Gasteiger partial charge in [0.2, 0.25) is 0 Å². The summed E-state index contributed by atoms with van der Waals surface area (Å²) in [6.45, 7) is 5.53. The second-order valence-corrected chi connectivity index (χ2v) is 3.67. The summed E-state index contributed by atoms with van der Waals surface area (Å²) in [5.41, 5.74) is 2.86. The van der Waals surface area contributed by atoms with Crippen molar-refractivity contribution >= 4 is 11.7 Å². The summed E-state index contributed by atoms with van der Waals surface area (Å²) < 4.78 is 0. The molecule has 0 spiro atoms. The van der Waals surface area contributed by atoms with Crippen LogP contribution in [0.5, 0.6) is 0 Å². The van der Waals surface area contributed by atoms with E-state index in [0.29, 0.717) is 0 Å². The molecule has 82 valence electrons. The van der Waals surface area contributed by atoms with E-state index in [1.54, 1.807) is 25.1 Å². The molecule has 1 aromatic rings. The highest BCUT2D eigenvalue weighted by Crippen LogP contribution is 2.21. The van der Waals surface area contributed by atoms with Gasteiger partial charge in [0.05, 0.1) is 0 Å². The Balaban J connectivity index is 3.06. The minimum absolute atomic E-state index is 0.537. The summed E-state index contributed by atoms with van der Waals surface area (Å²) >= 11 is 0. The molecular weight excluding hydrogens is 192 g/mol. The highest BCUT2D eigenvalue weighted by Gasteiger charge is 2.18. The zero-order valence-electron chi connectivity index (χ0n) is 9.48.